The standard InChI is InChI=1S/C19H22N2O4S2/c22-18(8-10-20-19(23)15-5-2-1-3-6-15)21(13-17-7-4-11-26-17)16-9-12-27(24,25)14-16/h1-7,11,16H,8-10,12-14H2,(H,20,23). The Hall–Kier alpha value is -2.19. The van der Waals surface area contributed by atoms with Crippen LogP contribution in [0.5, 0.6) is 0 Å². The molecular formula is C19H22N2O4S2. The van der Waals surface area contributed by atoms with Gasteiger partial charge < -0.3 is 10.2 Å². The van der Waals surface area contributed by atoms with Crippen LogP contribution in [0, 0.1) is 0 Å². The summed E-state index contributed by atoms with van der Waals surface area (Å²) < 4.78 is 23.7. The van der Waals surface area contributed by atoms with Crippen molar-refractivity contribution in [3.63, 3.8) is 0 Å². The number of benzene rings is 1. The summed E-state index contributed by atoms with van der Waals surface area (Å²) in [6.07, 6.45) is 0.607. The minimum absolute atomic E-state index is 0.0144. The van der Waals surface area contributed by atoms with E-state index in [0.717, 1.165) is 4.88 Å². The van der Waals surface area contributed by atoms with Gasteiger partial charge >= 0.3 is 0 Å². The van der Waals surface area contributed by atoms with E-state index in [4.69, 9.17) is 0 Å². The van der Waals surface area contributed by atoms with Crippen molar-refractivity contribution in [3.05, 3.63) is 58.3 Å². The highest BCUT2D eigenvalue weighted by Crippen LogP contribution is 2.22. The summed E-state index contributed by atoms with van der Waals surface area (Å²) in [6, 6.07) is 12.4. The van der Waals surface area contributed by atoms with Crippen LogP contribution in [0.25, 0.3) is 0 Å². The zero-order valence-corrected chi connectivity index (χ0v) is 16.5. The molecule has 1 aliphatic heterocycles. The first-order valence-electron chi connectivity index (χ1n) is 8.80. The molecule has 1 atom stereocenters. The lowest BCUT2D eigenvalue weighted by Crippen LogP contribution is -2.41. The average Bonchev–Trinajstić information content (AvgIpc) is 3.29. The fourth-order valence-corrected chi connectivity index (χ4v) is 5.56. The van der Waals surface area contributed by atoms with Gasteiger partial charge in [0.1, 0.15) is 0 Å². The fourth-order valence-electron chi connectivity index (χ4n) is 3.13. The van der Waals surface area contributed by atoms with Crippen molar-refractivity contribution in [3.8, 4) is 0 Å². The second-order valence-corrected chi connectivity index (χ2v) is 9.79. The number of carbonyl (C=O) groups excluding carboxylic acids is 2. The predicted octanol–water partition coefficient (Wildman–Crippen LogP) is 2.08. The van der Waals surface area contributed by atoms with Crippen LogP contribution in [-0.4, -0.2) is 49.2 Å². The van der Waals surface area contributed by atoms with Gasteiger partial charge in [0.15, 0.2) is 9.84 Å². The maximum atomic E-state index is 12.8. The highest BCUT2D eigenvalue weighted by molar-refractivity contribution is 7.91. The lowest BCUT2D eigenvalue weighted by molar-refractivity contribution is -0.133. The Kier molecular flexibility index (Phi) is 6.28. The molecule has 1 unspecified atom stereocenters. The van der Waals surface area contributed by atoms with Crippen molar-refractivity contribution in [2.24, 2.45) is 0 Å². The molecule has 2 heterocycles. The third-order valence-electron chi connectivity index (χ3n) is 4.54. The summed E-state index contributed by atoms with van der Waals surface area (Å²) in [5.74, 6) is -0.229. The van der Waals surface area contributed by atoms with E-state index in [1.54, 1.807) is 40.5 Å². The molecule has 8 heteroatoms. The van der Waals surface area contributed by atoms with E-state index in [-0.39, 0.29) is 42.3 Å². The van der Waals surface area contributed by atoms with E-state index in [1.165, 1.54) is 0 Å². The van der Waals surface area contributed by atoms with Crippen LogP contribution in [0.3, 0.4) is 0 Å². The normalized spacial score (nSPS) is 18.1. The highest BCUT2D eigenvalue weighted by Gasteiger charge is 2.34. The van der Waals surface area contributed by atoms with E-state index >= 15 is 0 Å². The van der Waals surface area contributed by atoms with E-state index in [0.29, 0.717) is 18.5 Å². The zero-order valence-electron chi connectivity index (χ0n) is 14.8. The van der Waals surface area contributed by atoms with E-state index in [9.17, 15) is 18.0 Å². The van der Waals surface area contributed by atoms with Gasteiger partial charge in [0.05, 0.1) is 18.1 Å². The molecule has 0 radical (unpaired) electrons. The zero-order chi connectivity index (χ0) is 19.3. The molecule has 3 rings (SSSR count). The molecule has 2 amide bonds. The van der Waals surface area contributed by atoms with Crippen LogP contribution in [0.15, 0.2) is 47.8 Å². The summed E-state index contributed by atoms with van der Waals surface area (Å²) >= 11 is 1.54. The molecule has 0 spiro atoms. The van der Waals surface area contributed by atoms with Crippen LogP contribution >= 0.6 is 11.3 Å². The first kappa shape index (κ1) is 19.6. The van der Waals surface area contributed by atoms with Crippen molar-refractivity contribution >= 4 is 33.0 Å². The molecule has 0 saturated carbocycles. The van der Waals surface area contributed by atoms with Crippen molar-refractivity contribution in [2.45, 2.75) is 25.4 Å². The number of amides is 2. The Morgan fingerprint density at radius 3 is 2.56 bits per heavy atom. The summed E-state index contributed by atoms with van der Waals surface area (Å²) in [6.45, 7) is 0.621. The maximum absolute atomic E-state index is 12.8. The Morgan fingerprint density at radius 2 is 1.93 bits per heavy atom. The molecule has 1 aromatic carbocycles. The monoisotopic (exact) mass is 406 g/mol. The number of rotatable bonds is 7. The van der Waals surface area contributed by atoms with Gasteiger partial charge in [-0.2, -0.15) is 0 Å². The highest BCUT2D eigenvalue weighted by atomic mass is 32.2. The van der Waals surface area contributed by atoms with Crippen LogP contribution in [0.1, 0.15) is 28.1 Å². The topological polar surface area (TPSA) is 83.6 Å². The lowest BCUT2D eigenvalue weighted by atomic mass is 10.2. The number of carbonyl (C=O) groups is 2. The lowest BCUT2D eigenvalue weighted by Gasteiger charge is -2.28. The molecule has 0 bridgehead atoms. The van der Waals surface area contributed by atoms with Gasteiger partial charge in [-0.1, -0.05) is 24.3 Å². The Balaban J connectivity index is 1.60. The SMILES string of the molecule is O=C(NCCC(=O)N(Cc1cccs1)C1CCS(=O)(=O)C1)c1ccccc1. The molecule has 1 aromatic heterocycles. The number of sulfone groups is 1. The van der Waals surface area contributed by atoms with Crippen molar-refractivity contribution in [1.82, 2.24) is 10.2 Å². The molecule has 1 fully saturated rings. The number of thiophene rings is 1. The van der Waals surface area contributed by atoms with Crippen LogP contribution in [0.4, 0.5) is 0 Å². The molecule has 0 aliphatic carbocycles. The second kappa shape index (κ2) is 8.67. The van der Waals surface area contributed by atoms with Gasteiger partial charge in [-0.05, 0) is 30.0 Å². The van der Waals surface area contributed by atoms with Crippen LogP contribution in [-0.2, 0) is 21.2 Å². The van der Waals surface area contributed by atoms with Gasteiger partial charge in [0.25, 0.3) is 5.91 Å². The summed E-state index contributed by atoms with van der Waals surface area (Å²) in [5, 5.41) is 4.68. The quantitative estimate of drug-likeness (QED) is 0.763. The Bertz CT molecular complexity index is 880. The van der Waals surface area contributed by atoms with Gasteiger partial charge in [-0.25, -0.2) is 8.42 Å². The Labute approximate surface area is 163 Å². The van der Waals surface area contributed by atoms with E-state index in [1.807, 2.05) is 23.6 Å². The number of nitrogens with zero attached hydrogens (tertiary/aromatic N) is 1. The molecule has 1 aliphatic rings. The van der Waals surface area contributed by atoms with Crippen molar-refractivity contribution in [2.75, 3.05) is 18.1 Å². The van der Waals surface area contributed by atoms with E-state index in [2.05, 4.69) is 5.32 Å². The summed E-state index contributed by atoms with van der Waals surface area (Å²) in [5.41, 5.74) is 0.544. The smallest absolute Gasteiger partial charge is 0.251 e. The Morgan fingerprint density at radius 1 is 1.15 bits per heavy atom. The minimum Gasteiger partial charge on any atom is -0.352 e. The minimum atomic E-state index is -3.08. The third kappa shape index (κ3) is 5.40. The molecule has 6 nitrogen and oxygen atoms in total. The van der Waals surface area contributed by atoms with Crippen LogP contribution in [0.2, 0.25) is 0 Å². The molecule has 2 aromatic rings. The molecule has 144 valence electrons. The first-order valence-corrected chi connectivity index (χ1v) is 11.5. The molecule has 1 N–H and O–H groups in total. The average molecular weight is 407 g/mol. The summed E-state index contributed by atoms with van der Waals surface area (Å²) in [7, 11) is -3.08. The second-order valence-electron chi connectivity index (χ2n) is 6.53. The van der Waals surface area contributed by atoms with Gasteiger partial charge in [0.2, 0.25) is 5.91 Å². The molecule has 1 saturated heterocycles. The number of nitrogens with one attached hydrogen (secondary N) is 1. The van der Waals surface area contributed by atoms with Crippen molar-refractivity contribution < 1.29 is 18.0 Å². The van der Waals surface area contributed by atoms with E-state index < -0.39 is 9.84 Å². The van der Waals surface area contributed by atoms with Gasteiger partial charge in [-0.3, -0.25) is 9.59 Å². The molecular weight excluding hydrogens is 384 g/mol. The number of hydrogen-bond donors (Lipinski definition) is 1. The summed E-state index contributed by atoms with van der Waals surface area (Å²) in [4.78, 5) is 27.5. The third-order valence-corrected chi connectivity index (χ3v) is 7.15. The fraction of sp³-hybridized carbons (Fsp3) is 0.368. The predicted molar refractivity (Wildman–Crippen MR) is 105 cm³/mol. The van der Waals surface area contributed by atoms with Crippen molar-refractivity contribution in [1.29, 1.82) is 0 Å². The largest absolute Gasteiger partial charge is 0.352 e. The first-order chi connectivity index (χ1) is 12.9. The molecule has 27 heavy (non-hydrogen) atoms. The van der Waals surface area contributed by atoms with Crippen LogP contribution < -0.4 is 5.32 Å². The van der Waals surface area contributed by atoms with Gasteiger partial charge in [-0.15, -0.1) is 11.3 Å². The maximum Gasteiger partial charge on any atom is 0.251 e. The van der Waals surface area contributed by atoms with Gasteiger partial charge in [0, 0.05) is 29.4 Å². The number of hydrogen-bond acceptors (Lipinski definition) is 5.